The summed E-state index contributed by atoms with van der Waals surface area (Å²) in [6, 6.07) is 17.8. The lowest BCUT2D eigenvalue weighted by Gasteiger charge is -2.39. The summed E-state index contributed by atoms with van der Waals surface area (Å²) in [7, 11) is 0. The van der Waals surface area contributed by atoms with Crippen LogP contribution in [0.4, 0.5) is 0 Å². The molecule has 1 aliphatic heterocycles. The lowest BCUT2D eigenvalue weighted by molar-refractivity contribution is -0.136. The van der Waals surface area contributed by atoms with E-state index < -0.39 is 0 Å². The van der Waals surface area contributed by atoms with Crippen molar-refractivity contribution < 1.29 is 9.53 Å². The molecule has 2 aromatic rings. The average molecular weight is 359 g/mol. The van der Waals surface area contributed by atoms with Gasteiger partial charge in [-0.3, -0.25) is 9.69 Å². The monoisotopic (exact) mass is 358 g/mol. The molecule has 0 aromatic heterocycles. The van der Waals surface area contributed by atoms with E-state index in [2.05, 4.69) is 36.1 Å². The van der Waals surface area contributed by atoms with Gasteiger partial charge in [0.1, 0.15) is 5.75 Å². The SMILES string of the molecule is CC1CN(C(=O)COc2ccc(Cl)cc2)CCN1Cc1ccccc1. The van der Waals surface area contributed by atoms with Crippen LogP contribution in [0.2, 0.25) is 5.02 Å². The molecule has 0 saturated carbocycles. The standard InChI is InChI=1S/C20H23ClN2O2/c1-16-13-23(12-11-22(16)14-17-5-3-2-4-6-17)20(24)15-25-19-9-7-18(21)8-10-19/h2-10,16H,11-15H2,1H3. The van der Waals surface area contributed by atoms with Gasteiger partial charge in [0.05, 0.1) is 0 Å². The lowest BCUT2D eigenvalue weighted by Crippen LogP contribution is -2.54. The van der Waals surface area contributed by atoms with Gasteiger partial charge in [0.2, 0.25) is 0 Å². The van der Waals surface area contributed by atoms with Gasteiger partial charge in [-0.2, -0.15) is 0 Å². The summed E-state index contributed by atoms with van der Waals surface area (Å²) in [5.41, 5.74) is 1.31. The van der Waals surface area contributed by atoms with E-state index in [1.807, 2.05) is 11.0 Å². The summed E-state index contributed by atoms with van der Waals surface area (Å²) in [6.07, 6.45) is 0. The first-order valence-electron chi connectivity index (χ1n) is 8.56. The summed E-state index contributed by atoms with van der Waals surface area (Å²) in [4.78, 5) is 16.7. The zero-order chi connectivity index (χ0) is 17.6. The second-order valence-corrected chi connectivity index (χ2v) is 6.82. The average Bonchev–Trinajstić information content (AvgIpc) is 2.63. The Balaban J connectivity index is 1.48. The number of hydrogen-bond donors (Lipinski definition) is 0. The van der Waals surface area contributed by atoms with Gasteiger partial charge < -0.3 is 9.64 Å². The molecule has 1 atom stereocenters. The van der Waals surface area contributed by atoms with Crippen molar-refractivity contribution in [3.8, 4) is 5.75 Å². The van der Waals surface area contributed by atoms with Gasteiger partial charge in [-0.15, -0.1) is 0 Å². The largest absolute Gasteiger partial charge is 0.484 e. The number of carbonyl (C=O) groups excluding carboxylic acids is 1. The minimum absolute atomic E-state index is 0.0289. The van der Waals surface area contributed by atoms with E-state index in [-0.39, 0.29) is 12.5 Å². The minimum atomic E-state index is 0.0289. The van der Waals surface area contributed by atoms with E-state index in [1.165, 1.54) is 5.56 Å². The number of piperazine rings is 1. The first-order chi connectivity index (χ1) is 12.1. The molecule has 5 heteroatoms. The van der Waals surface area contributed by atoms with Gasteiger partial charge >= 0.3 is 0 Å². The van der Waals surface area contributed by atoms with Crippen LogP contribution < -0.4 is 4.74 Å². The number of amides is 1. The van der Waals surface area contributed by atoms with Crippen molar-refractivity contribution in [1.82, 2.24) is 9.80 Å². The summed E-state index contributed by atoms with van der Waals surface area (Å²) in [6.45, 7) is 5.50. The molecular formula is C20H23ClN2O2. The fraction of sp³-hybridized carbons (Fsp3) is 0.350. The maximum Gasteiger partial charge on any atom is 0.260 e. The third-order valence-corrected chi connectivity index (χ3v) is 4.77. The van der Waals surface area contributed by atoms with Crippen LogP contribution in [0.3, 0.4) is 0 Å². The molecule has 0 aliphatic carbocycles. The smallest absolute Gasteiger partial charge is 0.260 e. The predicted molar refractivity (Wildman–Crippen MR) is 99.8 cm³/mol. The van der Waals surface area contributed by atoms with Crippen LogP contribution in [-0.2, 0) is 11.3 Å². The summed E-state index contributed by atoms with van der Waals surface area (Å²) < 4.78 is 5.57. The molecule has 1 heterocycles. The van der Waals surface area contributed by atoms with Crippen molar-refractivity contribution in [2.75, 3.05) is 26.2 Å². The maximum atomic E-state index is 12.4. The Morgan fingerprint density at radius 1 is 1.12 bits per heavy atom. The third-order valence-electron chi connectivity index (χ3n) is 4.52. The minimum Gasteiger partial charge on any atom is -0.484 e. The summed E-state index contributed by atoms with van der Waals surface area (Å²) in [5.74, 6) is 0.690. The Morgan fingerprint density at radius 2 is 1.84 bits per heavy atom. The molecule has 4 nitrogen and oxygen atoms in total. The normalized spacial score (nSPS) is 18.2. The maximum absolute atomic E-state index is 12.4. The zero-order valence-electron chi connectivity index (χ0n) is 14.4. The summed E-state index contributed by atoms with van der Waals surface area (Å²) >= 11 is 5.85. The lowest BCUT2D eigenvalue weighted by atomic mass is 10.1. The molecule has 1 aliphatic rings. The second-order valence-electron chi connectivity index (χ2n) is 6.39. The highest BCUT2D eigenvalue weighted by atomic mass is 35.5. The highest BCUT2D eigenvalue weighted by molar-refractivity contribution is 6.30. The quantitative estimate of drug-likeness (QED) is 0.820. The van der Waals surface area contributed by atoms with Crippen molar-refractivity contribution >= 4 is 17.5 Å². The molecule has 132 valence electrons. The highest BCUT2D eigenvalue weighted by Crippen LogP contribution is 2.17. The number of rotatable bonds is 5. The topological polar surface area (TPSA) is 32.8 Å². The van der Waals surface area contributed by atoms with Gasteiger partial charge in [0.15, 0.2) is 6.61 Å². The number of nitrogens with zero attached hydrogens (tertiary/aromatic N) is 2. The Bertz CT molecular complexity index is 691. The Labute approximate surface area is 154 Å². The van der Waals surface area contributed by atoms with E-state index in [4.69, 9.17) is 16.3 Å². The van der Waals surface area contributed by atoms with E-state index in [0.717, 1.165) is 26.2 Å². The molecule has 25 heavy (non-hydrogen) atoms. The van der Waals surface area contributed by atoms with E-state index >= 15 is 0 Å². The number of benzene rings is 2. The van der Waals surface area contributed by atoms with E-state index in [0.29, 0.717) is 16.8 Å². The number of halogens is 1. The molecule has 1 unspecified atom stereocenters. The third kappa shape index (κ3) is 4.97. The van der Waals surface area contributed by atoms with Crippen LogP contribution in [0.5, 0.6) is 5.75 Å². The summed E-state index contributed by atoms with van der Waals surface area (Å²) in [5, 5.41) is 0.655. The molecule has 2 aromatic carbocycles. The molecule has 0 radical (unpaired) electrons. The molecule has 0 bridgehead atoms. The van der Waals surface area contributed by atoms with Gasteiger partial charge in [-0.05, 0) is 36.8 Å². The van der Waals surface area contributed by atoms with Crippen molar-refractivity contribution in [2.24, 2.45) is 0 Å². The van der Waals surface area contributed by atoms with Crippen molar-refractivity contribution in [1.29, 1.82) is 0 Å². The number of carbonyl (C=O) groups is 1. The Morgan fingerprint density at radius 3 is 2.52 bits per heavy atom. The first kappa shape index (κ1) is 17.8. The molecule has 1 saturated heterocycles. The van der Waals surface area contributed by atoms with Crippen molar-refractivity contribution in [3.63, 3.8) is 0 Å². The number of hydrogen-bond acceptors (Lipinski definition) is 3. The van der Waals surface area contributed by atoms with Gasteiger partial charge in [0, 0.05) is 37.2 Å². The van der Waals surface area contributed by atoms with Crippen molar-refractivity contribution in [3.05, 3.63) is 65.2 Å². The molecule has 0 spiro atoms. The van der Waals surface area contributed by atoms with Crippen LogP contribution in [0, 0.1) is 0 Å². The molecular weight excluding hydrogens is 336 g/mol. The molecule has 1 fully saturated rings. The fourth-order valence-electron chi connectivity index (χ4n) is 3.04. The van der Waals surface area contributed by atoms with Crippen LogP contribution in [0.1, 0.15) is 12.5 Å². The van der Waals surface area contributed by atoms with Gasteiger partial charge in [-0.1, -0.05) is 41.9 Å². The van der Waals surface area contributed by atoms with E-state index in [1.54, 1.807) is 24.3 Å². The van der Waals surface area contributed by atoms with Crippen LogP contribution in [-0.4, -0.2) is 48.0 Å². The number of ether oxygens (including phenoxy) is 1. The van der Waals surface area contributed by atoms with Gasteiger partial charge in [0.25, 0.3) is 5.91 Å². The predicted octanol–water partition coefficient (Wildman–Crippen LogP) is 3.45. The first-order valence-corrected chi connectivity index (χ1v) is 8.94. The molecule has 3 rings (SSSR count). The van der Waals surface area contributed by atoms with Crippen LogP contribution in [0.15, 0.2) is 54.6 Å². The fourth-order valence-corrected chi connectivity index (χ4v) is 3.17. The van der Waals surface area contributed by atoms with Crippen LogP contribution in [0.25, 0.3) is 0 Å². The van der Waals surface area contributed by atoms with E-state index in [9.17, 15) is 4.79 Å². The van der Waals surface area contributed by atoms with Crippen LogP contribution >= 0.6 is 11.6 Å². The Hall–Kier alpha value is -2.04. The van der Waals surface area contributed by atoms with Crippen molar-refractivity contribution in [2.45, 2.75) is 19.5 Å². The molecule has 1 amide bonds. The second kappa shape index (κ2) is 8.37. The Kier molecular flexibility index (Phi) is 5.95. The zero-order valence-corrected chi connectivity index (χ0v) is 15.2. The highest BCUT2D eigenvalue weighted by Gasteiger charge is 2.26. The van der Waals surface area contributed by atoms with Gasteiger partial charge in [-0.25, -0.2) is 0 Å². The molecule has 0 N–H and O–H groups in total.